The molecule has 19 heavy (non-hydrogen) atoms. The van der Waals surface area contributed by atoms with Crippen molar-refractivity contribution in [2.75, 3.05) is 0 Å². The normalized spacial score (nSPS) is 11.0. The molecule has 1 aromatic rings. The van der Waals surface area contributed by atoms with Gasteiger partial charge in [-0.2, -0.15) is 8.42 Å². The van der Waals surface area contributed by atoms with E-state index in [1.807, 2.05) is 0 Å². The topological polar surface area (TPSA) is 166 Å². The van der Waals surface area contributed by atoms with Gasteiger partial charge in [-0.15, -0.1) is 0 Å². The first kappa shape index (κ1) is 14.6. The Labute approximate surface area is 105 Å². The predicted octanol–water partition coefficient (Wildman–Crippen LogP) is 0.0279. The third-order valence-corrected chi connectivity index (χ3v) is 2.95. The molecule has 0 unspecified atom stereocenters. The van der Waals surface area contributed by atoms with Crippen LogP contribution in [0, 0.1) is 0 Å². The number of benzene rings is 1. The van der Waals surface area contributed by atoms with Crippen molar-refractivity contribution in [1.29, 1.82) is 0 Å². The Hall–Kier alpha value is -2.46. The van der Waals surface area contributed by atoms with Crippen molar-refractivity contribution in [1.82, 2.24) is 0 Å². The van der Waals surface area contributed by atoms with Crippen molar-refractivity contribution in [3.63, 3.8) is 0 Å². The molecule has 0 amide bonds. The van der Waals surface area contributed by atoms with Crippen molar-refractivity contribution in [3.05, 3.63) is 28.8 Å². The Morgan fingerprint density at radius 3 is 1.74 bits per heavy atom. The molecule has 0 aliphatic heterocycles. The summed E-state index contributed by atoms with van der Waals surface area (Å²) >= 11 is 0. The standard InChI is InChI=1S/C9H6O9S/c10-7(11)3-1-4(8(12)13)6(9(14)15)5(2-3)19(16,17)18/h1-2H,(H,10,11)(H,12,13)(H,14,15)(H,16,17,18). The fourth-order valence-corrected chi connectivity index (χ4v) is 2.06. The Morgan fingerprint density at radius 2 is 1.42 bits per heavy atom. The van der Waals surface area contributed by atoms with E-state index in [2.05, 4.69) is 0 Å². The van der Waals surface area contributed by atoms with Crippen molar-refractivity contribution in [2.45, 2.75) is 4.90 Å². The predicted molar refractivity (Wildman–Crippen MR) is 57.1 cm³/mol. The number of carboxylic acids is 3. The van der Waals surface area contributed by atoms with Gasteiger partial charge in [0.25, 0.3) is 10.1 Å². The van der Waals surface area contributed by atoms with Gasteiger partial charge in [0.05, 0.1) is 16.7 Å². The average Bonchev–Trinajstić information content (AvgIpc) is 2.25. The van der Waals surface area contributed by atoms with Gasteiger partial charge in [0.1, 0.15) is 4.90 Å². The minimum Gasteiger partial charge on any atom is -0.478 e. The number of rotatable bonds is 4. The summed E-state index contributed by atoms with van der Waals surface area (Å²) in [4.78, 5) is 31.2. The van der Waals surface area contributed by atoms with Crippen LogP contribution in [0.1, 0.15) is 31.1 Å². The SMILES string of the molecule is O=C(O)c1cc(C(=O)O)c(C(=O)O)c(S(=O)(=O)O)c1. The van der Waals surface area contributed by atoms with Gasteiger partial charge in [0.2, 0.25) is 0 Å². The Bertz CT molecular complexity index is 686. The summed E-state index contributed by atoms with van der Waals surface area (Å²) in [5, 5.41) is 26.3. The summed E-state index contributed by atoms with van der Waals surface area (Å²) in [6.07, 6.45) is 0. The molecule has 0 atom stereocenters. The highest BCUT2D eigenvalue weighted by Crippen LogP contribution is 2.23. The molecule has 0 aliphatic rings. The molecule has 0 bridgehead atoms. The highest BCUT2D eigenvalue weighted by atomic mass is 32.2. The maximum absolute atomic E-state index is 11.0. The Kier molecular flexibility index (Phi) is 3.58. The van der Waals surface area contributed by atoms with E-state index in [4.69, 9.17) is 19.9 Å². The number of carbonyl (C=O) groups is 3. The molecule has 0 spiro atoms. The van der Waals surface area contributed by atoms with Crippen LogP contribution in [0.4, 0.5) is 0 Å². The number of aromatic carboxylic acids is 3. The zero-order valence-electron chi connectivity index (χ0n) is 8.89. The monoisotopic (exact) mass is 290 g/mol. The summed E-state index contributed by atoms with van der Waals surface area (Å²) in [5.41, 5.74) is -3.05. The lowest BCUT2D eigenvalue weighted by atomic mass is 10.0. The summed E-state index contributed by atoms with van der Waals surface area (Å²) in [6, 6.07) is 0.857. The van der Waals surface area contributed by atoms with Crippen LogP contribution in [0.5, 0.6) is 0 Å². The van der Waals surface area contributed by atoms with Crippen LogP contribution in [0.25, 0.3) is 0 Å². The number of hydrogen-bond acceptors (Lipinski definition) is 5. The second-order valence-corrected chi connectivity index (χ2v) is 4.68. The molecule has 0 heterocycles. The zero-order valence-corrected chi connectivity index (χ0v) is 9.71. The summed E-state index contributed by atoms with van der Waals surface area (Å²) < 4.78 is 30.9. The molecule has 0 saturated carbocycles. The van der Waals surface area contributed by atoms with E-state index in [-0.39, 0.29) is 0 Å². The van der Waals surface area contributed by atoms with Gasteiger partial charge in [-0.05, 0) is 12.1 Å². The van der Waals surface area contributed by atoms with Gasteiger partial charge in [0.15, 0.2) is 0 Å². The molecule has 4 N–H and O–H groups in total. The molecule has 102 valence electrons. The summed E-state index contributed by atoms with van der Waals surface area (Å²) in [5.74, 6) is -5.45. The van der Waals surface area contributed by atoms with Crippen LogP contribution >= 0.6 is 0 Å². The van der Waals surface area contributed by atoms with E-state index in [9.17, 15) is 22.8 Å². The zero-order chi connectivity index (χ0) is 15.0. The molecule has 0 aromatic heterocycles. The fraction of sp³-hybridized carbons (Fsp3) is 0. The van der Waals surface area contributed by atoms with E-state index in [0.717, 1.165) is 0 Å². The second kappa shape index (κ2) is 4.66. The lowest BCUT2D eigenvalue weighted by molar-refractivity contribution is 0.0645. The fourth-order valence-electron chi connectivity index (χ4n) is 1.33. The third kappa shape index (κ3) is 2.86. The van der Waals surface area contributed by atoms with Crippen molar-refractivity contribution in [2.24, 2.45) is 0 Å². The van der Waals surface area contributed by atoms with Crippen molar-refractivity contribution in [3.8, 4) is 0 Å². The number of hydrogen-bond donors (Lipinski definition) is 4. The van der Waals surface area contributed by atoms with Gasteiger partial charge in [-0.25, -0.2) is 14.4 Å². The van der Waals surface area contributed by atoms with E-state index < -0.39 is 49.6 Å². The van der Waals surface area contributed by atoms with E-state index >= 15 is 0 Å². The first-order valence-corrected chi connectivity index (χ1v) is 5.85. The summed E-state index contributed by atoms with van der Waals surface area (Å²) in [6.45, 7) is 0. The maximum atomic E-state index is 11.0. The molecule has 1 aromatic carbocycles. The molecule has 0 fully saturated rings. The smallest absolute Gasteiger partial charge is 0.338 e. The third-order valence-electron chi connectivity index (χ3n) is 2.07. The quantitative estimate of drug-likeness (QED) is 0.559. The first-order chi connectivity index (χ1) is 8.55. The largest absolute Gasteiger partial charge is 0.478 e. The van der Waals surface area contributed by atoms with Crippen LogP contribution in [0.2, 0.25) is 0 Å². The highest BCUT2D eigenvalue weighted by Gasteiger charge is 2.29. The molecule has 0 aliphatic carbocycles. The molecule has 0 saturated heterocycles. The Balaban J connectivity index is 3.92. The molecule has 10 heteroatoms. The molecular formula is C9H6O9S. The summed E-state index contributed by atoms with van der Waals surface area (Å²) in [7, 11) is -5.10. The lowest BCUT2D eigenvalue weighted by Gasteiger charge is -2.08. The minimum absolute atomic E-state index is 0.369. The molecule has 9 nitrogen and oxygen atoms in total. The van der Waals surface area contributed by atoms with Gasteiger partial charge in [-0.3, -0.25) is 4.55 Å². The van der Waals surface area contributed by atoms with Crippen molar-refractivity contribution >= 4 is 28.0 Å². The molecule has 1 rings (SSSR count). The molecular weight excluding hydrogens is 284 g/mol. The maximum Gasteiger partial charge on any atom is 0.338 e. The van der Waals surface area contributed by atoms with Crippen LogP contribution in [0.3, 0.4) is 0 Å². The Morgan fingerprint density at radius 1 is 0.895 bits per heavy atom. The van der Waals surface area contributed by atoms with Crippen LogP contribution in [-0.4, -0.2) is 46.2 Å². The van der Waals surface area contributed by atoms with Crippen LogP contribution < -0.4 is 0 Å². The van der Waals surface area contributed by atoms with Crippen LogP contribution in [0.15, 0.2) is 17.0 Å². The van der Waals surface area contributed by atoms with Gasteiger partial charge < -0.3 is 15.3 Å². The van der Waals surface area contributed by atoms with Crippen molar-refractivity contribution < 1.29 is 42.7 Å². The van der Waals surface area contributed by atoms with Gasteiger partial charge in [0, 0.05) is 0 Å². The van der Waals surface area contributed by atoms with Crippen LogP contribution in [-0.2, 0) is 10.1 Å². The highest BCUT2D eigenvalue weighted by molar-refractivity contribution is 7.86. The second-order valence-electron chi connectivity index (χ2n) is 3.29. The van der Waals surface area contributed by atoms with Gasteiger partial charge in [-0.1, -0.05) is 0 Å². The van der Waals surface area contributed by atoms with Gasteiger partial charge >= 0.3 is 17.9 Å². The average molecular weight is 290 g/mol. The lowest BCUT2D eigenvalue weighted by Crippen LogP contribution is -2.16. The van der Waals surface area contributed by atoms with E-state index in [1.54, 1.807) is 0 Å². The molecule has 0 radical (unpaired) electrons. The number of carboxylic acid groups (broad SMARTS) is 3. The van der Waals surface area contributed by atoms with E-state index in [1.165, 1.54) is 0 Å². The van der Waals surface area contributed by atoms with E-state index in [0.29, 0.717) is 12.1 Å². The first-order valence-electron chi connectivity index (χ1n) is 4.41. The minimum atomic E-state index is -5.10.